The standard InChI is InChI=1S/C19H12FN3O3/c20-14-6-1-4-12(10-14)17(24)21-15-7-2-5-13(11-15)18-22-23-19(26-18)16-8-3-9-25-16/h1-11H,(H,21,24). The molecule has 0 unspecified atom stereocenters. The molecule has 26 heavy (non-hydrogen) atoms. The number of aromatic nitrogens is 2. The van der Waals surface area contributed by atoms with E-state index in [1.807, 2.05) is 0 Å². The summed E-state index contributed by atoms with van der Waals surface area (Å²) in [6.45, 7) is 0. The zero-order valence-corrected chi connectivity index (χ0v) is 13.3. The lowest BCUT2D eigenvalue weighted by Gasteiger charge is -2.06. The molecule has 6 nitrogen and oxygen atoms in total. The van der Waals surface area contributed by atoms with Gasteiger partial charge in [-0.25, -0.2) is 4.39 Å². The van der Waals surface area contributed by atoms with Crippen molar-refractivity contribution in [2.45, 2.75) is 0 Å². The fourth-order valence-electron chi connectivity index (χ4n) is 2.40. The number of benzene rings is 2. The van der Waals surface area contributed by atoms with Crippen LogP contribution in [0.1, 0.15) is 10.4 Å². The van der Waals surface area contributed by atoms with E-state index in [0.29, 0.717) is 22.9 Å². The van der Waals surface area contributed by atoms with Gasteiger partial charge < -0.3 is 14.2 Å². The van der Waals surface area contributed by atoms with Crippen molar-refractivity contribution in [3.63, 3.8) is 0 Å². The van der Waals surface area contributed by atoms with Crippen molar-refractivity contribution in [1.82, 2.24) is 10.2 Å². The molecule has 7 heteroatoms. The second-order valence-corrected chi connectivity index (χ2v) is 5.43. The topological polar surface area (TPSA) is 81.2 Å². The van der Waals surface area contributed by atoms with Crippen molar-refractivity contribution in [3.8, 4) is 23.1 Å². The smallest absolute Gasteiger partial charge is 0.283 e. The maximum absolute atomic E-state index is 13.3. The maximum atomic E-state index is 13.3. The van der Waals surface area contributed by atoms with Gasteiger partial charge in [0.2, 0.25) is 5.89 Å². The highest BCUT2D eigenvalue weighted by atomic mass is 19.1. The number of hydrogen-bond acceptors (Lipinski definition) is 5. The largest absolute Gasteiger partial charge is 0.459 e. The Morgan fingerprint density at radius 2 is 1.81 bits per heavy atom. The van der Waals surface area contributed by atoms with Crippen molar-refractivity contribution in [2.75, 3.05) is 5.32 Å². The molecule has 4 rings (SSSR count). The Morgan fingerprint density at radius 3 is 2.62 bits per heavy atom. The molecule has 0 saturated carbocycles. The summed E-state index contributed by atoms with van der Waals surface area (Å²) in [6, 6.07) is 15.8. The summed E-state index contributed by atoms with van der Waals surface area (Å²) >= 11 is 0. The van der Waals surface area contributed by atoms with E-state index >= 15 is 0 Å². The van der Waals surface area contributed by atoms with Crippen molar-refractivity contribution < 1.29 is 18.0 Å². The van der Waals surface area contributed by atoms with Gasteiger partial charge in [0.05, 0.1) is 6.26 Å². The van der Waals surface area contributed by atoms with Gasteiger partial charge in [-0.2, -0.15) is 0 Å². The van der Waals surface area contributed by atoms with Crippen LogP contribution in [-0.4, -0.2) is 16.1 Å². The van der Waals surface area contributed by atoms with E-state index in [1.165, 1.54) is 30.5 Å². The summed E-state index contributed by atoms with van der Waals surface area (Å²) < 4.78 is 24.1. The monoisotopic (exact) mass is 349 g/mol. The number of nitrogens with one attached hydrogen (secondary N) is 1. The molecular weight excluding hydrogens is 337 g/mol. The summed E-state index contributed by atoms with van der Waals surface area (Å²) in [5.41, 5.74) is 1.38. The van der Waals surface area contributed by atoms with Gasteiger partial charge >= 0.3 is 0 Å². The van der Waals surface area contributed by atoms with E-state index in [1.54, 1.807) is 36.4 Å². The lowest BCUT2D eigenvalue weighted by Crippen LogP contribution is -2.12. The van der Waals surface area contributed by atoms with Gasteiger partial charge in [-0.1, -0.05) is 12.1 Å². The van der Waals surface area contributed by atoms with E-state index in [4.69, 9.17) is 8.83 Å². The molecule has 0 aliphatic heterocycles. The molecule has 0 fully saturated rings. The Labute approximate surface area is 147 Å². The highest BCUT2D eigenvalue weighted by Gasteiger charge is 2.13. The number of amides is 1. The first-order chi connectivity index (χ1) is 12.7. The van der Waals surface area contributed by atoms with Gasteiger partial charge in [0.1, 0.15) is 5.82 Å². The lowest BCUT2D eigenvalue weighted by atomic mass is 10.1. The van der Waals surface area contributed by atoms with Gasteiger partial charge in [-0.05, 0) is 48.5 Å². The molecule has 2 aromatic heterocycles. The molecule has 0 atom stereocenters. The van der Waals surface area contributed by atoms with Crippen molar-refractivity contribution in [3.05, 3.63) is 78.3 Å². The molecule has 0 saturated heterocycles. The number of hydrogen-bond donors (Lipinski definition) is 1. The zero-order valence-electron chi connectivity index (χ0n) is 13.3. The van der Waals surface area contributed by atoms with Gasteiger partial charge in [0.15, 0.2) is 5.76 Å². The summed E-state index contributed by atoms with van der Waals surface area (Å²) in [6.07, 6.45) is 1.52. The predicted molar refractivity (Wildman–Crippen MR) is 91.8 cm³/mol. The van der Waals surface area contributed by atoms with Crippen LogP contribution in [0.15, 0.2) is 75.8 Å². The molecule has 2 heterocycles. The fourth-order valence-corrected chi connectivity index (χ4v) is 2.40. The average Bonchev–Trinajstić information content (AvgIpc) is 3.33. The number of furan rings is 1. The van der Waals surface area contributed by atoms with Crippen LogP contribution in [-0.2, 0) is 0 Å². The van der Waals surface area contributed by atoms with Gasteiger partial charge in [0, 0.05) is 16.8 Å². The normalized spacial score (nSPS) is 10.7. The van der Waals surface area contributed by atoms with Gasteiger partial charge in [-0.3, -0.25) is 4.79 Å². The van der Waals surface area contributed by atoms with Gasteiger partial charge in [-0.15, -0.1) is 10.2 Å². The molecule has 0 spiro atoms. The molecule has 4 aromatic rings. The van der Waals surface area contributed by atoms with Gasteiger partial charge in [0.25, 0.3) is 11.8 Å². The Morgan fingerprint density at radius 1 is 0.962 bits per heavy atom. The minimum absolute atomic E-state index is 0.230. The van der Waals surface area contributed by atoms with Crippen LogP contribution in [0.3, 0.4) is 0 Å². The molecular formula is C19H12FN3O3. The molecule has 0 radical (unpaired) electrons. The van der Waals surface area contributed by atoms with E-state index in [2.05, 4.69) is 15.5 Å². The van der Waals surface area contributed by atoms with E-state index < -0.39 is 11.7 Å². The third-order valence-electron chi connectivity index (χ3n) is 3.61. The molecule has 0 bridgehead atoms. The minimum atomic E-state index is -0.470. The maximum Gasteiger partial charge on any atom is 0.283 e. The fraction of sp³-hybridized carbons (Fsp3) is 0. The summed E-state index contributed by atoms with van der Waals surface area (Å²) in [7, 11) is 0. The first-order valence-corrected chi connectivity index (χ1v) is 7.74. The second-order valence-electron chi connectivity index (χ2n) is 5.43. The van der Waals surface area contributed by atoms with Crippen LogP contribution in [0.5, 0.6) is 0 Å². The third-order valence-corrected chi connectivity index (χ3v) is 3.61. The van der Waals surface area contributed by atoms with Crippen molar-refractivity contribution >= 4 is 11.6 Å². The molecule has 0 aliphatic carbocycles. The minimum Gasteiger partial charge on any atom is -0.459 e. The van der Waals surface area contributed by atoms with E-state index in [0.717, 1.165) is 0 Å². The number of anilines is 1. The van der Waals surface area contributed by atoms with Crippen molar-refractivity contribution in [2.24, 2.45) is 0 Å². The van der Waals surface area contributed by atoms with Crippen LogP contribution in [0.4, 0.5) is 10.1 Å². The van der Waals surface area contributed by atoms with Crippen molar-refractivity contribution in [1.29, 1.82) is 0 Å². The Balaban J connectivity index is 1.56. The lowest BCUT2D eigenvalue weighted by molar-refractivity contribution is 0.102. The van der Waals surface area contributed by atoms with E-state index in [9.17, 15) is 9.18 Å². The van der Waals surface area contributed by atoms with Crippen LogP contribution in [0.25, 0.3) is 23.1 Å². The third kappa shape index (κ3) is 3.23. The SMILES string of the molecule is O=C(Nc1cccc(-c2nnc(-c3ccco3)o2)c1)c1cccc(F)c1. The van der Waals surface area contributed by atoms with Crippen LogP contribution in [0, 0.1) is 5.82 Å². The highest BCUT2D eigenvalue weighted by Crippen LogP contribution is 2.26. The zero-order chi connectivity index (χ0) is 17.9. The van der Waals surface area contributed by atoms with E-state index in [-0.39, 0.29) is 11.5 Å². The number of rotatable bonds is 4. The predicted octanol–water partition coefficient (Wildman–Crippen LogP) is 4.39. The second kappa shape index (κ2) is 6.64. The molecule has 1 N–H and O–H groups in total. The molecule has 1 amide bonds. The first kappa shape index (κ1) is 15.8. The summed E-state index contributed by atoms with van der Waals surface area (Å²) in [5, 5.41) is 10.7. The van der Waals surface area contributed by atoms with Crippen LogP contribution in [0.2, 0.25) is 0 Å². The molecule has 2 aromatic carbocycles. The Bertz CT molecular complexity index is 1060. The summed E-state index contributed by atoms with van der Waals surface area (Å²) in [4.78, 5) is 12.2. The Hall–Kier alpha value is -3.74. The number of carbonyl (C=O) groups excluding carboxylic acids is 1. The first-order valence-electron chi connectivity index (χ1n) is 7.74. The number of nitrogens with zero attached hydrogens (tertiary/aromatic N) is 2. The van der Waals surface area contributed by atoms with Crippen LogP contribution >= 0.6 is 0 Å². The Kier molecular flexibility index (Phi) is 4.03. The highest BCUT2D eigenvalue weighted by molar-refractivity contribution is 6.04. The van der Waals surface area contributed by atoms with Crippen LogP contribution < -0.4 is 5.32 Å². The molecule has 128 valence electrons. The number of halogens is 1. The number of carbonyl (C=O) groups is 1. The molecule has 0 aliphatic rings. The summed E-state index contributed by atoms with van der Waals surface area (Å²) in [5.74, 6) is 0.142. The average molecular weight is 349 g/mol. The quantitative estimate of drug-likeness (QED) is 0.591.